The standard InChI is InChI=1S/C15H21N3O2/c19-10-12-3-1-2-6-18(12)15(20)14-9-17-8-11-7-16-5-4-13(11)14/h8-9,12,16,19H,1-7,10H2. The normalized spacial score (nSPS) is 22.4. The summed E-state index contributed by atoms with van der Waals surface area (Å²) in [5.74, 6) is 0.0370. The number of aromatic nitrogens is 1. The highest BCUT2D eigenvalue weighted by Crippen LogP contribution is 2.23. The van der Waals surface area contributed by atoms with Crippen molar-refractivity contribution < 1.29 is 9.90 Å². The smallest absolute Gasteiger partial charge is 0.256 e. The number of fused-ring (bicyclic) bond motifs is 1. The SMILES string of the molecule is O=C(c1cncc2c1CCNC2)N1CCCCC1CO. The molecule has 5 heteroatoms. The molecule has 3 rings (SSSR count). The van der Waals surface area contributed by atoms with E-state index in [2.05, 4.69) is 10.3 Å². The van der Waals surface area contributed by atoms with E-state index >= 15 is 0 Å². The summed E-state index contributed by atoms with van der Waals surface area (Å²) < 4.78 is 0. The van der Waals surface area contributed by atoms with E-state index in [9.17, 15) is 9.90 Å². The molecule has 1 atom stereocenters. The first-order valence-corrected chi connectivity index (χ1v) is 7.39. The number of aliphatic hydroxyl groups is 1. The van der Waals surface area contributed by atoms with Crippen LogP contribution in [0, 0.1) is 0 Å². The fourth-order valence-electron chi connectivity index (χ4n) is 3.21. The molecule has 0 bridgehead atoms. The Labute approximate surface area is 119 Å². The minimum atomic E-state index is -0.0335. The van der Waals surface area contributed by atoms with Crippen LogP contribution in [-0.4, -0.2) is 46.6 Å². The largest absolute Gasteiger partial charge is 0.394 e. The lowest BCUT2D eigenvalue weighted by Gasteiger charge is -2.35. The molecule has 108 valence electrons. The van der Waals surface area contributed by atoms with Gasteiger partial charge in [0.15, 0.2) is 0 Å². The van der Waals surface area contributed by atoms with E-state index in [1.807, 2.05) is 11.1 Å². The maximum Gasteiger partial charge on any atom is 0.256 e. The van der Waals surface area contributed by atoms with Crippen molar-refractivity contribution in [1.82, 2.24) is 15.2 Å². The fourth-order valence-corrected chi connectivity index (χ4v) is 3.21. The highest BCUT2D eigenvalue weighted by Gasteiger charge is 2.29. The Balaban J connectivity index is 1.90. The van der Waals surface area contributed by atoms with E-state index in [-0.39, 0.29) is 18.6 Å². The molecule has 2 N–H and O–H groups in total. The first-order chi connectivity index (χ1) is 9.81. The average Bonchev–Trinajstić information content (AvgIpc) is 2.53. The van der Waals surface area contributed by atoms with Crippen LogP contribution in [0.1, 0.15) is 40.7 Å². The van der Waals surface area contributed by atoms with Crippen molar-refractivity contribution >= 4 is 5.91 Å². The summed E-state index contributed by atoms with van der Waals surface area (Å²) in [6.07, 6.45) is 7.41. The second-order valence-electron chi connectivity index (χ2n) is 5.58. The predicted molar refractivity (Wildman–Crippen MR) is 75.4 cm³/mol. The van der Waals surface area contributed by atoms with Crippen molar-refractivity contribution in [3.63, 3.8) is 0 Å². The van der Waals surface area contributed by atoms with Crippen molar-refractivity contribution in [3.8, 4) is 0 Å². The van der Waals surface area contributed by atoms with Crippen LogP contribution in [-0.2, 0) is 13.0 Å². The Kier molecular flexibility index (Phi) is 3.98. The van der Waals surface area contributed by atoms with Gasteiger partial charge in [0.05, 0.1) is 18.2 Å². The van der Waals surface area contributed by atoms with Gasteiger partial charge in [-0.05, 0) is 43.4 Å². The summed E-state index contributed by atoms with van der Waals surface area (Å²) in [6.45, 7) is 2.48. The molecule has 1 amide bonds. The van der Waals surface area contributed by atoms with E-state index < -0.39 is 0 Å². The van der Waals surface area contributed by atoms with Gasteiger partial charge < -0.3 is 15.3 Å². The zero-order chi connectivity index (χ0) is 13.9. The van der Waals surface area contributed by atoms with E-state index in [0.29, 0.717) is 0 Å². The lowest BCUT2D eigenvalue weighted by molar-refractivity contribution is 0.0501. The van der Waals surface area contributed by atoms with Crippen LogP contribution in [0.15, 0.2) is 12.4 Å². The van der Waals surface area contributed by atoms with E-state index in [0.717, 1.165) is 62.0 Å². The van der Waals surface area contributed by atoms with E-state index in [1.54, 1.807) is 6.20 Å². The molecule has 0 aromatic carbocycles. The predicted octanol–water partition coefficient (Wildman–Crippen LogP) is 0.714. The molecule has 1 aromatic heterocycles. The van der Waals surface area contributed by atoms with Gasteiger partial charge in [0.2, 0.25) is 0 Å². The van der Waals surface area contributed by atoms with Crippen LogP contribution in [0.2, 0.25) is 0 Å². The van der Waals surface area contributed by atoms with Gasteiger partial charge in [-0.1, -0.05) is 0 Å². The Morgan fingerprint density at radius 3 is 3.20 bits per heavy atom. The molecule has 0 radical (unpaired) electrons. The Bertz CT molecular complexity index is 504. The topological polar surface area (TPSA) is 65.5 Å². The van der Waals surface area contributed by atoms with Crippen LogP contribution in [0.5, 0.6) is 0 Å². The monoisotopic (exact) mass is 275 g/mol. The highest BCUT2D eigenvalue weighted by atomic mass is 16.3. The van der Waals surface area contributed by atoms with Crippen LogP contribution >= 0.6 is 0 Å². The third kappa shape index (κ3) is 2.43. The second-order valence-corrected chi connectivity index (χ2v) is 5.58. The molecule has 2 aliphatic heterocycles. The van der Waals surface area contributed by atoms with Gasteiger partial charge in [-0.3, -0.25) is 9.78 Å². The number of carbonyl (C=O) groups excluding carboxylic acids is 1. The Morgan fingerprint density at radius 1 is 1.45 bits per heavy atom. The number of hydrogen-bond donors (Lipinski definition) is 2. The number of hydrogen-bond acceptors (Lipinski definition) is 4. The minimum absolute atomic E-state index is 0.0335. The van der Waals surface area contributed by atoms with Crippen LogP contribution < -0.4 is 5.32 Å². The van der Waals surface area contributed by atoms with Crippen LogP contribution in [0.3, 0.4) is 0 Å². The number of likely N-dealkylation sites (tertiary alicyclic amines) is 1. The van der Waals surface area contributed by atoms with Gasteiger partial charge in [0.25, 0.3) is 5.91 Å². The quantitative estimate of drug-likeness (QED) is 0.834. The number of carbonyl (C=O) groups is 1. The third-order valence-corrected chi connectivity index (χ3v) is 4.34. The molecule has 0 spiro atoms. The maximum atomic E-state index is 12.8. The Hall–Kier alpha value is -1.46. The number of nitrogens with one attached hydrogen (secondary N) is 1. The molecule has 5 nitrogen and oxygen atoms in total. The van der Waals surface area contributed by atoms with Crippen molar-refractivity contribution in [1.29, 1.82) is 0 Å². The number of nitrogens with zero attached hydrogens (tertiary/aromatic N) is 2. The first kappa shape index (κ1) is 13.5. The zero-order valence-corrected chi connectivity index (χ0v) is 11.6. The average molecular weight is 275 g/mol. The van der Waals surface area contributed by atoms with Gasteiger partial charge in [0.1, 0.15) is 0 Å². The first-order valence-electron chi connectivity index (χ1n) is 7.39. The van der Waals surface area contributed by atoms with Crippen LogP contribution in [0.4, 0.5) is 0 Å². The summed E-state index contributed by atoms with van der Waals surface area (Å²) in [7, 11) is 0. The van der Waals surface area contributed by atoms with Crippen molar-refractivity contribution in [2.45, 2.75) is 38.3 Å². The molecule has 2 aliphatic rings. The maximum absolute atomic E-state index is 12.8. The zero-order valence-electron chi connectivity index (χ0n) is 11.6. The minimum Gasteiger partial charge on any atom is -0.394 e. The summed E-state index contributed by atoms with van der Waals surface area (Å²) in [6, 6.07) is -0.0335. The van der Waals surface area contributed by atoms with Crippen molar-refractivity contribution in [2.75, 3.05) is 19.7 Å². The number of amides is 1. The summed E-state index contributed by atoms with van der Waals surface area (Å²) in [4.78, 5) is 18.8. The number of piperidine rings is 1. The van der Waals surface area contributed by atoms with E-state index in [1.165, 1.54) is 0 Å². The summed E-state index contributed by atoms with van der Waals surface area (Å²) in [5, 5.41) is 12.8. The van der Waals surface area contributed by atoms with Gasteiger partial charge in [0, 0.05) is 25.5 Å². The molecule has 0 aliphatic carbocycles. The molecular weight excluding hydrogens is 254 g/mol. The molecular formula is C15H21N3O2. The summed E-state index contributed by atoms with van der Waals surface area (Å²) in [5.41, 5.74) is 2.98. The van der Waals surface area contributed by atoms with Gasteiger partial charge in [-0.2, -0.15) is 0 Å². The molecule has 1 fully saturated rings. The van der Waals surface area contributed by atoms with Crippen molar-refractivity contribution in [2.24, 2.45) is 0 Å². The summed E-state index contributed by atoms with van der Waals surface area (Å²) >= 11 is 0. The van der Waals surface area contributed by atoms with Gasteiger partial charge in [-0.25, -0.2) is 0 Å². The fraction of sp³-hybridized carbons (Fsp3) is 0.600. The van der Waals surface area contributed by atoms with Crippen molar-refractivity contribution in [3.05, 3.63) is 29.1 Å². The molecule has 1 aromatic rings. The number of pyridine rings is 1. The van der Waals surface area contributed by atoms with Gasteiger partial charge in [-0.15, -0.1) is 0 Å². The second kappa shape index (κ2) is 5.89. The Morgan fingerprint density at radius 2 is 2.35 bits per heavy atom. The molecule has 20 heavy (non-hydrogen) atoms. The molecule has 1 unspecified atom stereocenters. The van der Waals surface area contributed by atoms with Crippen LogP contribution in [0.25, 0.3) is 0 Å². The number of rotatable bonds is 2. The molecule has 1 saturated heterocycles. The van der Waals surface area contributed by atoms with E-state index in [4.69, 9.17) is 0 Å². The number of aliphatic hydroxyl groups excluding tert-OH is 1. The third-order valence-electron chi connectivity index (χ3n) is 4.34. The lowest BCUT2D eigenvalue weighted by atomic mass is 9.95. The molecule has 3 heterocycles. The van der Waals surface area contributed by atoms with Gasteiger partial charge >= 0.3 is 0 Å². The highest BCUT2D eigenvalue weighted by molar-refractivity contribution is 5.96. The molecule has 0 saturated carbocycles. The lowest BCUT2D eigenvalue weighted by Crippen LogP contribution is -2.46.